The summed E-state index contributed by atoms with van der Waals surface area (Å²) in [6, 6.07) is 9.69. The predicted octanol–water partition coefficient (Wildman–Crippen LogP) is 1.74. The molecule has 0 saturated carbocycles. The summed E-state index contributed by atoms with van der Waals surface area (Å²) >= 11 is 3.11. The second-order valence-electron chi connectivity index (χ2n) is 6.25. The van der Waals surface area contributed by atoms with Crippen LogP contribution in [0.15, 0.2) is 51.1 Å². The predicted molar refractivity (Wildman–Crippen MR) is 106 cm³/mol. The first-order valence-electron chi connectivity index (χ1n) is 8.74. The third kappa shape index (κ3) is 5.06. The van der Waals surface area contributed by atoms with Crippen LogP contribution in [0.5, 0.6) is 0 Å². The molecule has 0 radical (unpaired) electrons. The van der Waals surface area contributed by atoms with Crippen molar-refractivity contribution in [3.8, 4) is 0 Å². The molecule has 150 valence electrons. The Bertz CT molecular complexity index is 911. The maximum Gasteiger partial charge on any atom is 0.330 e. The molecule has 0 spiro atoms. The lowest BCUT2D eigenvalue weighted by molar-refractivity contribution is -0.122. The minimum atomic E-state index is -0.664. The van der Waals surface area contributed by atoms with E-state index in [1.807, 2.05) is 30.3 Å². The molecule has 1 fully saturated rings. The molecule has 2 aromatic rings. The van der Waals surface area contributed by atoms with E-state index >= 15 is 0 Å². The summed E-state index contributed by atoms with van der Waals surface area (Å²) in [5.74, 6) is 0. The largest absolute Gasteiger partial charge is 0.394 e. The second kappa shape index (κ2) is 9.94. The molecule has 1 aliphatic rings. The lowest BCUT2D eigenvalue weighted by Gasteiger charge is -2.16. The molecule has 2 N–H and O–H groups in total. The van der Waals surface area contributed by atoms with E-state index in [1.165, 1.54) is 21.8 Å². The van der Waals surface area contributed by atoms with E-state index in [4.69, 9.17) is 14.2 Å². The third-order valence-electron chi connectivity index (χ3n) is 4.39. The molecule has 0 bridgehead atoms. The van der Waals surface area contributed by atoms with E-state index in [2.05, 4.69) is 20.9 Å². The van der Waals surface area contributed by atoms with E-state index in [9.17, 15) is 14.7 Å². The molecule has 2 heterocycles. The van der Waals surface area contributed by atoms with Gasteiger partial charge in [-0.2, -0.15) is 0 Å². The standard InChI is InChI=1S/C19H21BrN2O6/c20-7-6-14-9-22(19(25)21-18(14)24)17-8-15(16(10-23)28-17)27-12-26-11-13-4-2-1-3-5-13/h1-7,9,15-17,23H,8,10-12H2,(H,21,24,25)/b7-6+/t15-,16+,17+/m0/s1. The van der Waals surface area contributed by atoms with E-state index < -0.39 is 29.7 Å². The number of halogens is 1. The number of hydrogen-bond donors (Lipinski definition) is 2. The van der Waals surface area contributed by atoms with Crippen molar-refractivity contribution in [2.75, 3.05) is 13.4 Å². The number of nitrogens with zero attached hydrogens (tertiary/aromatic N) is 1. The van der Waals surface area contributed by atoms with E-state index in [1.54, 1.807) is 0 Å². The van der Waals surface area contributed by atoms with Crippen molar-refractivity contribution in [1.29, 1.82) is 0 Å². The maximum atomic E-state index is 12.2. The highest BCUT2D eigenvalue weighted by Crippen LogP contribution is 2.29. The molecular weight excluding hydrogens is 432 g/mol. The number of rotatable bonds is 8. The van der Waals surface area contributed by atoms with Crippen molar-refractivity contribution >= 4 is 22.0 Å². The lowest BCUT2D eigenvalue weighted by Crippen LogP contribution is -2.33. The number of aromatic amines is 1. The molecule has 1 aliphatic heterocycles. The van der Waals surface area contributed by atoms with Crippen molar-refractivity contribution in [3.05, 3.63) is 73.5 Å². The van der Waals surface area contributed by atoms with Crippen molar-refractivity contribution in [3.63, 3.8) is 0 Å². The van der Waals surface area contributed by atoms with Gasteiger partial charge in [0.05, 0.1) is 24.9 Å². The van der Waals surface area contributed by atoms with Crippen LogP contribution in [0.4, 0.5) is 0 Å². The minimum Gasteiger partial charge on any atom is -0.394 e. The number of aliphatic hydroxyl groups is 1. The van der Waals surface area contributed by atoms with Gasteiger partial charge in [-0.25, -0.2) is 4.79 Å². The van der Waals surface area contributed by atoms with Gasteiger partial charge in [-0.1, -0.05) is 46.3 Å². The zero-order chi connectivity index (χ0) is 19.9. The second-order valence-corrected chi connectivity index (χ2v) is 6.78. The van der Waals surface area contributed by atoms with Gasteiger partial charge < -0.3 is 19.3 Å². The summed E-state index contributed by atoms with van der Waals surface area (Å²) in [4.78, 5) is 27.8. The Kier molecular flexibility index (Phi) is 7.35. The molecule has 28 heavy (non-hydrogen) atoms. The topological polar surface area (TPSA) is 103 Å². The SMILES string of the molecule is O=c1[nH]c(=O)n([C@H]2C[C@H](OCOCc3ccccc3)[C@@H](CO)O2)cc1/C=C/Br. The quantitative estimate of drug-likeness (QED) is 0.467. The number of benzene rings is 1. The molecule has 0 aliphatic carbocycles. The van der Waals surface area contributed by atoms with Crippen LogP contribution in [-0.2, 0) is 20.8 Å². The van der Waals surface area contributed by atoms with Crippen LogP contribution >= 0.6 is 15.9 Å². The van der Waals surface area contributed by atoms with Crippen LogP contribution in [0.3, 0.4) is 0 Å². The first-order chi connectivity index (χ1) is 13.6. The van der Waals surface area contributed by atoms with Crippen molar-refractivity contribution in [2.45, 2.75) is 31.5 Å². The summed E-state index contributed by atoms with van der Waals surface area (Å²) in [5.41, 5.74) is 0.254. The molecular formula is C19H21BrN2O6. The van der Waals surface area contributed by atoms with Gasteiger partial charge in [0.1, 0.15) is 19.1 Å². The van der Waals surface area contributed by atoms with Crippen LogP contribution in [0.1, 0.15) is 23.8 Å². The Labute approximate surface area is 169 Å². The van der Waals surface area contributed by atoms with E-state index in [-0.39, 0.29) is 13.4 Å². The molecule has 1 aromatic heterocycles. The van der Waals surface area contributed by atoms with Crippen LogP contribution in [0.25, 0.3) is 6.08 Å². The molecule has 1 saturated heterocycles. The Morgan fingerprint density at radius 1 is 1.32 bits per heavy atom. The van der Waals surface area contributed by atoms with Gasteiger partial charge >= 0.3 is 5.69 Å². The Hall–Kier alpha value is -2.04. The Morgan fingerprint density at radius 2 is 2.11 bits per heavy atom. The summed E-state index contributed by atoms with van der Waals surface area (Å²) in [5, 5.41) is 9.58. The summed E-state index contributed by atoms with van der Waals surface area (Å²) in [7, 11) is 0. The van der Waals surface area contributed by atoms with Gasteiger partial charge in [0.25, 0.3) is 5.56 Å². The highest BCUT2D eigenvalue weighted by atomic mass is 79.9. The maximum absolute atomic E-state index is 12.2. The summed E-state index contributed by atoms with van der Waals surface area (Å²) < 4.78 is 18.3. The highest BCUT2D eigenvalue weighted by molar-refractivity contribution is 9.11. The smallest absolute Gasteiger partial charge is 0.330 e. The number of hydrogen-bond acceptors (Lipinski definition) is 6. The minimum absolute atomic E-state index is 0.0320. The third-order valence-corrected chi connectivity index (χ3v) is 4.65. The fraction of sp³-hybridized carbons (Fsp3) is 0.368. The Balaban J connectivity index is 1.62. The molecule has 3 rings (SSSR count). The van der Waals surface area contributed by atoms with Gasteiger partial charge in [-0.05, 0) is 16.6 Å². The van der Waals surface area contributed by atoms with Gasteiger partial charge in [0.2, 0.25) is 0 Å². The fourth-order valence-corrected chi connectivity index (χ4v) is 3.27. The molecule has 9 heteroatoms. The van der Waals surface area contributed by atoms with Crippen LogP contribution in [0.2, 0.25) is 0 Å². The van der Waals surface area contributed by atoms with Crippen molar-refractivity contribution < 1.29 is 19.3 Å². The number of nitrogens with one attached hydrogen (secondary N) is 1. The monoisotopic (exact) mass is 452 g/mol. The van der Waals surface area contributed by atoms with Crippen LogP contribution < -0.4 is 11.2 Å². The van der Waals surface area contributed by atoms with Gasteiger partial charge in [0.15, 0.2) is 0 Å². The fourth-order valence-electron chi connectivity index (χ4n) is 2.98. The van der Waals surface area contributed by atoms with Crippen LogP contribution in [-0.4, -0.2) is 40.3 Å². The Morgan fingerprint density at radius 3 is 2.82 bits per heavy atom. The van der Waals surface area contributed by atoms with Crippen LogP contribution in [0, 0.1) is 0 Å². The first kappa shape index (κ1) is 20.7. The molecule has 8 nitrogen and oxygen atoms in total. The average molecular weight is 453 g/mol. The number of H-pyrrole nitrogens is 1. The summed E-state index contributed by atoms with van der Waals surface area (Å²) in [6.07, 6.45) is 1.58. The number of ether oxygens (including phenoxy) is 3. The van der Waals surface area contributed by atoms with E-state index in [0.717, 1.165) is 5.56 Å². The molecule has 0 amide bonds. The molecule has 1 aromatic carbocycles. The zero-order valence-electron chi connectivity index (χ0n) is 15.0. The summed E-state index contributed by atoms with van der Waals surface area (Å²) in [6.45, 7) is 0.180. The van der Waals surface area contributed by atoms with Gasteiger partial charge in [0, 0.05) is 12.6 Å². The average Bonchev–Trinajstić information content (AvgIpc) is 3.11. The van der Waals surface area contributed by atoms with Crippen molar-refractivity contribution in [1.82, 2.24) is 9.55 Å². The van der Waals surface area contributed by atoms with Crippen molar-refractivity contribution in [2.24, 2.45) is 0 Å². The first-order valence-corrected chi connectivity index (χ1v) is 9.65. The van der Waals surface area contributed by atoms with E-state index in [0.29, 0.717) is 18.6 Å². The number of aliphatic hydroxyl groups excluding tert-OH is 1. The van der Waals surface area contributed by atoms with Gasteiger partial charge in [-0.15, -0.1) is 0 Å². The van der Waals surface area contributed by atoms with Gasteiger partial charge in [-0.3, -0.25) is 14.3 Å². The normalized spacial score (nSPS) is 22.1. The highest BCUT2D eigenvalue weighted by Gasteiger charge is 2.37. The zero-order valence-corrected chi connectivity index (χ0v) is 16.6. The number of aromatic nitrogens is 2. The lowest BCUT2D eigenvalue weighted by atomic mass is 10.2. The molecule has 3 atom stereocenters. The molecule has 0 unspecified atom stereocenters.